The zero-order valence-corrected chi connectivity index (χ0v) is 11.0. The van der Waals surface area contributed by atoms with Crippen molar-refractivity contribution in [2.24, 2.45) is 11.8 Å². The molecule has 1 saturated heterocycles. The van der Waals surface area contributed by atoms with Crippen molar-refractivity contribution < 1.29 is 0 Å². The first-order valence-corrected chi connectivity index (χ1v) is 7.25. The van der Waals surface area contributed by atoms with Crippen LogP contribution in [0.2, 0.25) is 0 Å². The quantitative estimate of drug-likeness (QED) is 0.789. The Morgan fingerprint density at radius 2 is 2.06 bits per heavy atom. The van der Waals surface area contributed by atoms with E-state index in [2.05, 4.69) is 24.1 Å². The molecule has 0 aromatic heterocycles. The van der Waals surface area contributed by atoms with E-state index in [1.54, 1.807) is 0 Å². The number of rotatable bonds is 4. The lowest BCUT2D eigenvalue weighted by Crippen LogP contribution is -2.47. The normalized spacial score (nSPS) is 36.8. The molecule has 2 heteroatoms. The van der Waals surface area contributed by atoms with Gasteiger partial charge in [-0.25, -0.2) is 0 Å². The van der Waals surface area contributed by atoms with E-state index in [-0.39, 0.29) is 0 Å². The summed E-state index contributed by atoms with van der Waals surface area (Å²) in [6.45, 7) is 9.78. The predicted octanol–water partition coefficient (Wildman–Crippen LogP) is 2.50. The van der Waals surface area contributed by atoms with Gasteiger partial charge >= 0.3 is 0 Å². The number of nitrogens with one attached hydrogen (secondary N) is 1. The first-order chi connectivity index (χ1) is 7.79. The second kappa shape index (κ2) is 6.02. The number of likely N-dealkylation sites (tertiary alicyclic amines) is 1. The molecule has 3 atom stereocenters. The van der Waals surface area contributed by atoms with Crippen molar-refractivity contribution in [1.29, 1.82) is 0 Å². The molecule has 2 nitrogen and oxygen atoms in total. The summed E-state index contributed by atoms with van der Waals surface area (Å²) in [6, 6.07) is 0.760. The van der Waals surface area contributed by atoms with E-state index in [1.807, 2.05) is 0 Å². The van der Waals surface area contributed by atoms with Crippen LogP contribution in [-0.2, 0) is 0 Å². The lowest BCUT2D eigenvalue weighted by Gasteiger charge is -2.35. The molecular weight excluding hydrogens is 196 g/mol. The van der Waals surface area contributed by atoms with Crippen LogP contribution in [0.1, 0.15) is 46.0 Å². The third-order valence-corrected chi connectivity index (χ3v) is 4.53. The Morgan fingerprint density at radius 1 is 1.19 bits per heavy atom. The lowest BCUT2D eigenvalue weighted by atomic mass is 9.96. The van der Waals surface area contributed by atoms with Gasteiger partial charge in [-0.2, -0.15) is 0 Å². The van der Waals surface area contributed by atoms with Crippen molar-refractivity contribution >= 4 is 0 Å². The van der Waals surface area contributed by atoms with E-state index in [0.717, 1.165) is 24.4 Å². The summed E-state index contributed by atoms with van der Waals surface area (Å²) in [5.41, 5.74) is 0. The van der Waals surface area contributed by atoms with Gasteiger partial charge in [-0.15, -0.1) is 0 Å². The largest absolute Gasteiger partial charge is 0.313 e. The third-order valence-electron chi connectivity index (χ3n) is 4.53. The second-order valence-corrected chi connectivity index (χ2v) is 5.82. The molecule has 0 spiro atoms. The van der Waals surface area contributed by atoms with Gasteiger partial charge in [-0.3, -0.25) is 0 Å². The van der Waals surface area contributed by atoms with Crippen molar-refractivity contribution in [3.05, 3.63) is 0 Å². The standard InChI is InChI=1S/C14H28N2/c1-3-15-14-8-5-9-16(11-14)10-13-7-4-6-12(13)2/h12-15H,3-11H2,1-2H3. The second-order valence-electron chi connectivity index (χ2n) is 5.82. The van der Waals surface area contributed by atoms with Crippen molar-refractivity contribution in [3.63, 3.8) is 0 Å². The van der Waals surface area contributed by atoms with Gasteiger partial charge in [0.25, 0.3) is 0 Å². The maximum Gasteiger partial charge on any atom is 0.0195 e. The summed E-state index contributed by atoms with van der Waals surface area (Å²) in [7, 11) is 0. The van der Waals surface area contributed by atoms with Crippen molar-refractivity contribution in [2.75, 3.05) is 26.2 Å². The molecule has 2 fully saturated rings. The van der Waals surface area contributed by atoms with E-state index in [9.17, 15) is 0 Å². The van der Waals surface area contributed by atoms with Crippen LogP contribution in [-0.4, -0.2) is 37.1 Å². The summed E-state index contributed by atoms with van der Waals surface area (Å²) in [4.78, 5) is 2.71. The monoisotopic (exact) mass is 224 g/mol. The van der Waals surface area contributed by atoms with Gasteiger partial charge in [0, 0.05) is 19.1 Å². The zero-order chi connectivity index (χ0) is 11.4. The molecule has 1 saturated carbocycles. The smallest absolute Gasteiger partial charge is 0.0195 e. The summed E-state index contributed by atoms with van der Waals surface area (Å²) in [5, 5.41) is 3.61. The molecule has 1 aliphatic heterocycles. The highest BCUT2D eigenvalue weighted by atomic mass is 15.2. The first-order valence-electron chi connectivity index (χ1n) is 7.25. The maximum absolute atomic E-state index is 3.61. The summed E-state index contributed by atoms with van der Waals surface area (Å²) >= 11 is 0. The number of piperidine rings is 1. The Morgan fingerprint density at radius 3 is 2.75 bits per heavy atom. The topological polar surface area (TPSA) is 15.3 Å². The number of likely N-dealkylation sites (N-methyl/N-ethyl adjacent to an activating group) is 1. The molecule has 1 aliphatic carbocycles. The zero-order valence-electron chi connectivity index (χ0n) is 11.0. The minimum atomic E-state index is 0.760. The average molecular weight is 224 g/mol. The molecule has 1 heterocycles. The number of nitrogens with zero attached hydrogens (tertiary/aromatic N) is 1. The van der Waals surface area contributed by atoms with Crippen LogP contribution in [0.25, 0.3) is 0 Å². The van der Waals surface area contributed by atoms with Crippen LogP contribution in [0, 0.1) is 11.8 Å². The molecule has 1 N–H and O–H groups in total. The fourth-order valence-electron chi connectivity index (χ4n) is 3.50. The van der Waals surface area contributed by atoms with Crippen molar-refractivity contribution in [3.8, 4) is 0 Å². The average Bonchev–Trinajstić information content (AvgIpc) is 2.66. The Hall–Kier alpha value is -0.0800. The predicted molar refractivity (Wildman–Crippen MR) is 69.6 cm³/mol. The molecule has 2 aliphatic rings. The molecule has 0 aromatic rings. The van der Waals surface area contributed by atoms with Gasteiger partial charge in [0.1, 0.15) is 0 Å². The summed E-state index contributed by atoms with van der Waals surface area (Å²) in [5.74, 6) is 1.96. The minimum Gasteiger partial charge on any atom is -0.313 e. The van der Waals surface area contributed by atoms with Crippen LogP contribution >= 0.6 is 0 Å². The highest BCUT2D eigenvalue weighted by Crippen LogP contribution is 2.32. The highest BCUT2D eigenvalue weighted by Gasteiger charge is 2.27. The molecular formula is C14H28N2. The number of hydrogen-bond donors (Lipinski definition) is 1. The third kappa shape index (κ3) is 3.21. The molecule has 16 heavy (non-hydrogen) atoms. The van der Waals surface area contributed by atoms with E-state index in [1.165, 1.54) is 51.7 Å². The molecule has 0 aromatic carbocycles. The first kappa shape index (κ1) is 12.4. The highest BCUT2D eigenvalue weighted by molar-refractivity contribution is 4.82. The van der Waals surface area contributed by atoms with Crippen molar-refractivity contribution in [1.82, 2.24) is 10.2 Å². The van der Waals surface area contributed by atoms with Crippen LogP contribution < -0.4 is 5.32 Å². The molecule has 2 rings (SSSR count). The van der Waals surface area contributed by atoms with Crippen LogP contribution in [0.4, 0.5) is 0 Å². The molecule has 0 bridgehead atoms. The van der Waals surface area contributed by atoms with Crippen LogP contribution in [0.5, 0.6) is 0 Å². The van der Waals surface area contributed by atoms with E-state index >= 15 is 0 Å². The van der Waals surface area contributed by atoms with Gasteiger partial charge in [-0.05, 0) is 44.2 Å². The molecule has 3 unspecified atom stereocenters. The van der Waals surface area contributed by atoms with Gasteiger partial charge in [0.05, 0.1) is 0 Å². The fraction of sp³-hybridized carbons (Fsp3) is 1.00. The van der Waals surface area contributed by atoms with E-state index in [0.29, 0.717) is 0 Å². The fourth-order valence-corrected chi connectivity index (χ4v) is 3.50. The number of hydrogen-bond acceptors (Lipinski definition) is 2. The van der Waals surface area contributed by atoms with Gasteiger partial charge in [0.15, 0.2) is 0 Å². The molecule has 0 radical (unpaired) electrons. The van der Waals surface area contributed by atoms with Crippen molar-refractivity contribution in [2.45, 2.75) is 52.0 Å². The Balaban J connectivity index is 1.76. The van der Waals surface area contributed by atoms with E-state index < -0.39 is 0 Å². The minimum absolute atomic E-state index is 0.760. The van der Waals surface area contributed by atoms with Gasteiger partial charge in [0.2, 0.25) is 0 Å². The van der Waals surface area contributed by atoms with Gasteiger partial charge < -0.3 is 10.2 Å². The molecule has 0 amide bonds. The lowest BCUT2D eigenvalue weighted by molar-refractivity contribution is 0.155. The van der Waals surface area contributed by atoms with Crippen LogP contribution in [0.15, 0.2) is 0 Å². The summed E-state index contributed by atoms with van der Waals surface area (Å²) < 4.78 is 0. The Labute approximate surface area is 101 Å². The molecule has 94 valence electrons. The Bertz CT molecular complexity index is 203. The van der Waals surface area contributed by atoms with E-state index in [4.69, 9.17) is 0 Å². The summed E-state index contributed by atoms with van der Waals surface area (Å²) in [6.07, 6.45) is 7.18. The Kier molecular flexibility index (Phi) is 4.66. The maximum atomic E-state index is 3.61. The van der Waals surface area contributed by atoms with Gasteiger partial charge in [-0.1, -0.05) is 26.7 Å². The van der Waals surface area contributed by atoms with Crippen LogP contribution in [0.3, 0.4) is 0 Å². The SMILES string of the molecule is CCNC1CCCN(CC2CCCC2C)C1.